The van der Waals surface area contributed by atoms with Crippen molar-refractivity contribution >= 4 is 56.5 Å². The third-order valence-electron chi connectivity index (χ3n) is 0. The molecule has 0 heterocycles. The Hall–Kier alpha value is 3.03. The molecule has 0 bridgehead atoms. The molecule has 0 aromatic carbocycles. The minimum atomic E-state index is -5.47. The molecule has 0 N–H and O–H groups in total. The van der Waals surface area contributed by atoms with E-state index in [0.717, 1.165) is 0 Å². The van der Waals surface area contributed by atoms with Gasteiger partial charge in [0.2, 0.25) is 0 Å². The van der Waals surface area contributed by atoms with E-state index in [2.05, 4.69) is 0 Å². The van der Waals surface area contributed by atoms with Crippen LogP contribution in [0.4, 0.5) is 0 Å². The molecular formula is HCl6LiW. The first-order chi connectivity index (χ1) is 2.45. The molecular weight excluding hydrogens is 403 g/mol. The van der Waals surface area contributed by atoms with E-state index >= 15 is 0 Å². The van der Waals surface area contributed by atoms with E-state index < -0.39 is 7.31 Å². The fourth-order valence-electron chi connectivity index (χ4n) is 0. The van der Waals surface area contributed by atoms with Crippen molar-refractivity contribution in [3.8, 4) is 0 Å². The summed E-state index contributed by atoms with van der Waals surface area (Å²) in [5, 5.41) is 0. The Morgan fingerprint density at radius 1 is 0.750 bits per heavy atom. The Bertz CT molecular complexity index is 71.6. The Balaban J connectivity index is -0.000000180. The van der Waals surface area contributed by atoms with Gasteiger partial charge >= 0.3 is 82.7 Å². The molecule has 0 atom stereocenters. The van der Waals surface area contributed by atoms with Crippen molar-refractivity contribution in [2.45, 2.75) is 0 Å². The van der Waals surface area contributed by atoms with Gasteiger partial charge in [0, 0.05) is 0 Å². The van der Waals surface area contributed by atoms with E-state index in [1.165, 1.54) is 0 Å². The summed E-state index contributed by atoms with van der Waals surface area (Å²) in [6.45, 7) is 0. The average Bonchev–Trinajstić information content (AvgIpc) is 0.592. The van der Waals surface area contributed by atoms with E-state index in [9.17, 15) is 0 Å². The van der Waals surface area contributed by atoms with Gasteiger partial charge in [0.05, 0.1) is 0 Å². The number of hydrogen-bond donors (Lipinski definition) is 0. The molecule has 8 heavy (non-hydrogen) atoms. The normalized spacial score (nSPS) is 20.2. The second-order valence-corrected chi connectivity index (χ2v) is 64.4. The average molecular weight is 405 g/mol. The summed E-state index contributed by atoms with van der Waals surface area (Å²) in [4.78, 5) is 0. The number of rotatable bonds is 0. The third-order valence-corrected chi connectivity index (χ3v) is 0. The number of halogens is 6. The summed E-state index contributed by atoms with van der Waals surface area (Å²) in [6, 6.07) is 0. The molecule has 0 aliphatic carbocycles. The molecule has 0 spiro atoms. The van der Waals surface area contributed by atoms with Crippen molar-refractivity contribution in [1.29, 1.82) is 0 Å². The fourth-order valence-corrected chi connectivity index (χ4v) is 0. The predicted octanol–water partition coefficient (Wildman–Crippen LogP) is 1.25. The quantitative estimate of drug-likeness (QED) is 0.533. The molecule has 0 saturated heterocycles. The van der Waals surface area contributed by atoms with E-state index in [0.29, 0.717) is 0 Å². The summed E-state index contributed by atoms with van der Waals surface area (Å²) in [5.41, 5.74) is 0. The maximum atomic E-state index is 5.07. The molecule has 0 amide bonds. The molecule has 0 aromatic rings. The summed E-state index contributed by atoms with van der Waals surface area (Å²) in [7, 11) is 24.9. The molecule has 8 heteroatoms. The van der Waals surface area contributed by atoms with Crippen LogP contribution in [0.1, 0.15) is 1.43 Å². The Morgan fingerprint density at radius 2 is 0.750 bits per heavy atom. The maximum Gasteiger partial charge on any atom is 1.00 e. The van der Waals surface area contributed by atoms with Gasteiger partial charge in [-0.25, -0.2) is 0 Å². The minimum Gasteiger partial charge on any atom is -1.00 e. The molecule has 0 rings (SSSR count). The van der Waals surface area contributed by atoms with E-state index in [1.54, 1.807) is 0 Å². The maximum absolute atomic E-state index is 5.47. The second kappa shape index (κ2) is 2.51. The second-order valence-electron chi connectivity index (χ2n) is 0.875. The van der Waals surface area contributed by atoms with Crippen LogP contribution >= 0.6 is 56.5 Å². The monoisotopic (exact) mass is 402 g/mol. The molecule has 0 saturated carbocycles. The third kappa shape index (κ3) is 63.5. The molecule has 0 nitrogen and oxygen atoms in total. The zero-order chi connectivity index (χ0) is 6.41. The van der Waals surface area contributed by atoms with Crippen LogP contribution in [-0.2, 0) is 7.31 Å². The van der Waals surface area contributed by atoms with Crippen molar-refractivity contribution in [2.24, 2.45) is 0 Å². The van der Waals surface area contributed by atoms with Crippen molar-refractivity contribution in [1.82, 2.24) is 0 Å². The Morgan fingerprint density at radius 3 is 0.750 bits per heavy atom. The standard InChI is InChI=1S/6ClH.Li.W.H/h6*1H;;;/q;;;;;;+1;+6;-1/p-6. The van der Waals surface area contributed by atoms with Gasteiger partial charge in [0.25, 0.3) is 0 Å². The Labute approximate surface area is 82.8 Å². The van der Waals surface area contributed by atoms with Gasteiger partial charge in [-0.3, -0.25) is 0 Å². The van der Waals surface area contributed by atoms with E-state index in [4.69, 9.17) is 56.5 Å². The van der Waals surface area contributed by atoms with E-state index in [-0.39, 0.29) is 20.3 Å². The smallest absolute Gasteiger partial charge is 1.00 e. The predicted molar refractivity (Wildman–Crippen MR) is 36.2 cm³/mol. The van der Waals surface area contributed by atoms with Gasteiger partial charge in [-0.1, -0.05) is 0 Å². The van der Waals surface area contributed by atoms with E-state index in [1.807, 2.05) is 0 Å². The molecule has 0 radical (unpaired) electrons. The summed E-state index contributed by atoms with van der Waals surface area (Å²) in [6.07, 6.45) is 0. The first-order valence-electron chi connectivity index (χ1n) is 0.926. The zero-order valence-corrected chi connectivity index (χ0v) is 11.1. The van der Waals surface area contributed by atoms with Crippen LogP contribution in [-0.4, -0.2) is 0 Å². The first kappa shape index (κ1) is 13.6. The van der Waals surface area contributed by atoms with Crippen LogP contribution in [0.3, 0.4) is 0 Å². The largest absolute Gasteiger partial charge is 1.00 e. The van der Waals surface area contributed by atoms with Crippen molar-refractivity contribution in [2.75, 3.05) is 0 Å². The van der Waals surface area contributed by atoms with Gasteiger partial charge in [-0.2, -0.15) is 0 Å². The van der Waals surface area contributed by atoms with Crippen molar-refractivity contribution < 1.29 is 27.6 Å². The Kier molecular flexibility index (Phi) is 4.27. The summed E-state index contributed by atoms with van der Waals surface area (Å²) in [5.74, 6) is 0. The first-order valence-corrected chi connectivity index (χ1v) is 22.7. The zero-order valence-electron chi connectivity index (χ0n) is 4.68. The minimum absolute atomic E-state index is 0. The molecule has 0 aliphatic rings. The fraction of sp³-hybridized carbons (Fsp3) is 0. The molecule has 0 aliphatic heterocycles. The number of hydrogen-bond acceptors (Lipinski definition) is 0. The SMILES string of the molecule is [Cl][W]([Cl])([Cl])([Cl])([Cl])[Cl].[H-].[Li+]. The van der Waals surface area contributed by atoms with Crippen LogP contribution in [0.25, 0.3) is 0 Å². The molecule has 0 unspecified atom stereocenters. The molecule has 0 aromatic heterocycles. The van der Waals surface area contributed by atoms with Gasteiger partial charge in [-0.05, 0) is 0 Å². The summed E-state index contributed by atoms with van der Waals surface area (Å²) < 4.78 is 0. The van der Waals surface area contributed by atoms with Crippen LogP contribution < -0.4 is 18.9 Å². The van der Waals surface area contributed by atoms with Gasteiger partial charge < -0.3 is 1.43 Å². The van der Waals surface area contributed by atoms with Crippen molar-refractivity contribution in [3.05, 3.63) is 0 Å². The molecule has 50 valence electrons. The topological polar surface area (TPSA) is 0 Å². The van der Waals surface area contributed by atoms with Gasteiger partial charge in [0.1, 0.15) is 0 Å². The van der Waals surface area contributed by atoms with Crippen LogP contribution in [0.2, 0.25) is 0 Å². The summed E-state index contributed by atoms with van der Waals surface area (Å²) >= 11 is 0. The van der Waals surface area contributed by atoms with Gasteiger partial charge in [-0.15, -0.1) is 0 Å². The van der Waals surface area contributed by atoms with Crippen LogP contribution in [0, 0.1) is 0 Å². The van der Waals surface area contributed by atoms with Gasteiger partial charge in [0.15, 0.2) is 0 Å². The van der Waals surface area contributed by atoms with Crippen LogP contribution in [0.5, 0.6) is 0 Å². The van der Waals surface area contributed by atoms with Crippen molar-refractivity contribution in [3.63, 3.8) is 0 Å². The van der Waals surface area contributed by atoms with Crippen LogP contribution in [0.15, 0.2) is 0 Å². The molecule has 0 fully saturated rings.